The largest absolute Gasteiger partial charge is 0.490 e. The van der Waals surface area contributed by atoms with Crippen LogP contribution in [0.5, 0.6) is 5.75 Å². The van der Waals surface area contributed by atoms with Gasteiger partial charge >= 0.3 is 0 Å². The van der Waals surface area contributed by atoms with E-state index in [4.69, 9.17) is 4.74 Å². The zero-order chi connectivity index (χ0) is 48.5. The number of aromatic nitrogens is 1. The van der Waals surface area contributed by atoms with Gasteiger partial charge in [0, 0.05) is 79.7 Å². The Hall–Kier alpha value is -6.22. The Morgan fingerprint density at radius 1 is 0.814 bits per heavy atom. The Balaban J connectivity index is 0.613. The first-order valence-electron chi connectivity index (χ1n) is 25.7. The molecule has 5 fully saturated rings. The number of anilines is 2. The van der Waals surface area contributed by atoms with Gasteiger partial charge < -0.3 is 25.2 Å². The number of imide groups is 2. The molecule has 6 amide bonds. The van der Waals surface area contributed by atoms with Crippen LogP contribution in [-0.2, 0) is 19.2 Å². The van der Waals surface area contributed by atoms with Crippen molar-refractivity contribution >= 4 is 57.7 Å². The predicted octanol–water partition coefficient (Wildman–Crippen LogP) is 8.08. The molecule has 0 radical (unpaired) electrons. The number of pyridine rings is 1. The van der Waals surface area contributed by atoms with Gasteiger partial charge in [-0.05, 0) is 168 Å². The number of nitrogens with zero attached hydrogens (tertiary/aromatic N) is 4. The van der Waals surface area contributed by atoms with Crippen LogP contribution in [0.2, 0.25) is 0 Å². The lowest BCUT2D eigenvalue weighted by molar-refractivity contribution is -0.139. The Kier molecular flexibility index (Phi) is 14.0. The van der Waals surface area contributed by atoms with Gasteiger partial charge in [0.15, 0.2) is 0 Å². The Morgan fingerprint density at radius 2 is 1.56 bits per heavy atom. The number of halogens is 1. The van der Waals surface area contributed by atoms with Crippen molar-refractivity contribution in [2.45, 2.75) is 121 Å². The quantitative estimate of drug-likeness (QED) is 0.118. The molecule has 4 aromatic rings. The molecule has 15 heteroatoms. The van der Waals surface area contributed by atoms with E-state index in [0.29, 0.717) is 36.2 Å². The summed E-state index contributed by atoms with van der Waals surface area (Å²) in [5, 5.41) is 9.81. The summed E-state index contributed by atoms with van der Waals surface area (Å²) >= 11 is 0. The Bertz CT molecular complexity index is 2630. The van der Waals surface area contributed by atoms with E-state index in [1.54, 1.807) is 24.3 Å². The highest BCUT2D eigenvalue weighted by Gasteiger charge is 2.46. The maximum Gasteiger partial charge on any atom is 0.264 e. The van der Waals surface area contributed by atoms with Gasteiger partial charge in [-0.2, -0.15) is 0 Å². The molecule has 368 valence electrons. The average molecular weight is 954 g/mol. The molecule has 0 bridgehead atoms. The molecule has 5 heterocycles. The number of carbonyl (C=O) groups excluding carboxylic acids is 6. The van der Waals surface area contributed by atoms with Gasteiger partial charge in [-0.15, -0.1) is 0 Å². The molecular weight excluding hydrogens is 890 g/mol. The fourth-order valence-electron chi connectivity index (χ4n) is 12.2. The Morgan fingerprint density at radius 3 is 2.29 bits per heavy atom. The van der Waals surface area contributed by atoms with Crippen LogP contribution >= 0.6 is 0 Å². The molecule has 70 heavy (non-hydrogen) atoms. The summed E-state index contributed by atoms with van der Waals surface area (Å²) in [5.74, 6) is -0.160. The number of likely N-dealkylation sites (tertiary alicyclic amines) is 2. The zero-order valence-corrected chi connectivity index (χ0v) is 40.0. The second kappa shape index (κ2) is 20.6. The minimum Gasteiger partial charge on any atom is -0.490 e. The summed E-state index contributed by atoms with van der Waals surface area (Å²) < 4.78 is 20.4. The minimum absolute atomic E-state index is 0.0161. The van der Waals surface area contributed by atoms with Crippen molar-refractivity contribution < 1.29 is 37.9 Å². The van der Waals surface area contributed by atoms with E-state index in [-0.39, 0.29) is 65.9 Å². The molecule has 3 N–H and O–H groups in total. The molecule has 2 saturated carbocycles. The summed E-state index contributed by atoms with van der Waals surface area (Å²) in [7, 11) is 0. The summed E-state index contributed by atoms with van der Waals surface area (Å²) in [6, 6.07) is 18.8. The number of hydrogen-bond donors (Lipinski definition) is 3. The highest BCUT2D eigenvalue weighted by Crippen LogP contribution is 2.41. The first-order chi connectivity index (χ1) is 33.9. The normalized spacial score (nSPS) is 25.4. The number of benzene rings is 3. The van der Waals surface area contributed by atoms with Crippen molar-refractivity contribution in [1.82, 2.24) is 25.0 Å². The number of ether oxygens (including phenoxy) is 1. The highest BCUT2D eigenvalue weighted by molar-refractivity contribution is 6.25. The maximum atomic E-state index is 14.1. The van der Waals surface area contributed by atoms with Crippen molar-refractivity contribution in [3.8, 4) is 5.75 Å². The number of fused-ring (bicyclic) bond motifs is 2. The van der Waals surface area contributed by atoms with Crippen molar-refractivity contribution in [2.24, 2.45) is 23.7 Å². The lowest BCUT2D eigenvalue weighted by Crippen LogP contribution is -2.54. The lowest BCUT2D eigenvalue weighted by atomic mass is 9.73. The van der Waals surface area contributed by atoms with Gasteiger partial charge in [0.2, 0.25) is 23.6 Å². The number of nitrogens with one attached hydrogen (secondary N) is 3. The average Bonchev–Trinajstić information content (AvgIpc) is 3.63. The molecular formula is C55H64FN7O7. The molecule has 6 aliphatic rings. The fraction of sp³-hybridized carbons (Fsp3) is 0.509. The highest BCUT2D eigenvalue weighted by atomic mass is 19.1. The van der Waals surface area contributed by atoms with Crippen LogP contribution in [0.25, 0.3) is 10.9 Å². The smallest absolute Gasteiger partial charge is 0.264 e. The van der Waals surface area contributed by atoms with Gasteiger partial charge in [-0.1, -0.05) is 13.0 Å². The second-order valence-electron chi connectivity index (χ2n) is 20.7. The second-order valence-corrected chi connectivity index (χ2v) is 20.7. The van der Waals surface area contributed by atoms with Crippen LogP contribution < -0.4 is 20.7 Å². The summed E-state index contributed by atoms with van der Waals surface area (Å²) in [6.07, 6.45) is 13.1. The van der Waals surface area contributed by atoms with E-state index in [0.717, 1.165) is 129 Å². The van der Waals surface area contributed by atoms with E-state index in [1.807, 2.05) is 54.4 Å². The van der Waals surface area contributed by atoms with Gasteiger partial charge in [-0.3, -0.25) is 44.0 Å². The summed E-state index contributed by atoms with van der Waals surface area (Å²) in [6.45, 7) is 6.21. The third-order valence-corrected chi connectivity index (χ3v) is 16.4. The number of piperidine rings is 3. The molecule has 4 aliphatic heterocycles. The molecule has 2 atom stereocenters. The van der Waals surface area contributed by atoms with Gasteiger partial charge in [-0.25, -0.2) is 4.39 Å². The van der Waals surface area contributed by atoms with Crippen LogP contribution in [0.4, 0.5) is 15.8 Å². The molecule has 0 spiro atoms. The molecule has 2 aliphatic carbocycles. The third-order valence-electron chi connectivity index (χ3n) is 16.4. The molecule has 1 aromatic heterocycles. The van der Waals surface area contributed by atoms with Crippen molar-refractivity contribution in [3.63, 3.8) is 0 Å². The molecule has 3 aromatic carbocycles. The predicted molar refractivity (Wildman–Crippen MR) is 263 cm³/mol. The van der Waals surface area contributed by atoms with Crippen molar-refractivity contribution in [1.29, 1.82) is 0 Å². The zero-order valence-electron chi connectivity index (χ0n) is 40.0. The van der Waals surface area contributed by atoms with E-state index in [2.05, 4.69) is 25.8 Å². The van der Waals surface area contributed by atoms with Crippen LogP contribution in [0.3, 0.4) is 0 Å². The van der Waals surface area contributed by atoms with E-state index >= 15 is 0 Å². The van der Waals surface area contributed by atoms with Gasteiger partial charge in [0.25, 0.3) is 11.8 Å². The van der Waals surface area contributed by atoms with E-state index in [1.165, 1.54) is 6.07 Å². The standard InChI is InChI=1S/C55H64FN7O7/c1-33(35-7-9-36(10-8-35)43-21-26-57-46-18-11-38(56)31-45(43)46)51(65)59-40-14-16-41(17-15-40)70-42-24-29-62(30-25-42)53(67)37-22-27-61(28-23-37)32-34-5-12-39(13-6-34)58-47-4-2-3-44-50(47)55(69)63(54(44)68)48-19-20-49(64)60-52(48)66/h2-4,11,14-18,21,26,31,33-37,39,42,48,58H,5-10,12-13,19-20,22-25,27-30,32H2,1H3,(H,59,65)(H,60,64,66)/t33-,34?,35?,36?,39?,48?/m1/s1. The first kappa shape index (κ1) is 47.5. The molecule has 14 nitrogen and oxygen atoms in total. The lowest BCUT2D eigenvalue weighted by Gasteiger charge is -2.39. The van der Waals surface area contributed by atoms with E-state index in [9.17, 15) is 33.2 Å². The van der Waals surface area contributed by atoms with E-state index < -0.39 is 29.7 Å². The third kappa shape index (κ3) is 10.2. The molecule has 1 unspecified atom stereocenters. The van der Waals surface area contributed by atoms with Crippen LogP contribution in [-0.4, -0.2) is 106 Å². The molecule has 3 saturated heterocycles. The molecule has 10 rings (SSSR count). The minimum atomic E-state index is -0.993. The number of rotatable bonds is 12. The SMILES string of the molecule is C[C@@H](C(=O)Nc1ccc(OC2CCN(C(=O)C3CCN(CC4CCC(Nc5cccc6c5C(=O)N(C5CCC(=O)NC5=O)C6=O)CC4)CC3)CC2)cc1)C1CCC(c2ccnc3ccc(F)cc23)CC1. The summed E-state index contributed by atoms with van der Waals surface area (Å²) in [4.78, 5) is 88.1. The van der Waals surface area contributed by atoms with Crippen molar-refractivity contribution in [2.75, 3.05) is 43.4 Å². The van der Waals surface area contributed by atoms with Crippen molar-refractivity contribution in [3.05, 3.63) is 95.4 Å². The summed E-state index contributed by atoms with van der Waals surface area (Å²) in [5.41, 5.74) is 3.90. The number of carbonyl (C=O) groups is 6. The van der Waals surface area contributed by atoms with Crippen LogP contribution in [0.15, 0.2) is 72.9 Å². The number of amides is 6. The first-order valence-corrected chi connectivity index (χ1v) is 25.7. The fourth-order valence-corrected chi connectivity index (χ4v) is 12.2. The maximum absolute atomic E-state index is 14.1. The van der Waals surface area contributed by atoms with Gasteiger partial charge in [0.05, 0.1) is 16.6 Å². The number of hydrogen-bond acceptors (Lipinski definition) is 10. The van der Waals surface area contributed by atoms with Crippen LogP contribution in [0.1, 0.15) is 129 Å². The Labute approximate surface area is 408 Å². The van der Waals surface area contributed by atoms with Crippen LogP contribution in [0, 0.1) is 29.5 Å². The monoisotopic (exact) mass is 953 g/mol. The topological polar surface area (TPSA) is 170 Å². The van der Waals surface area contributed by atoms with Gasteiger partial charge in [0.1, 0.15) is 23.7 Å².